The molecule has 1 rings (SSSR count). The zero-order valence-corrected chi connectivity index (χ0v) is 8.37. The Morgan fingerprint density at radius 1 is 1.14 bits per heavy atom. The maximum absolute atomic E-state index is 11.1. The first kappa shape index (κ1) is 11.0. The maximum atomic E-state index is 11.1. The molecule has 0 spiro atoms. The highest BCUT2D eigenvalue weighted by atomic mass is 16.2. The average Bonchev–Trinajstić information content (AvgIpc) is 2.15. The van der Waals surface area contributed by atoms with Gasteiger partial charge in [0.25, 0.3) is 0 Å². The van der Waals surface area contributed by atoms with Crippen molar-refractivity contribution in [1.82, 2.24) is 0 Å². The van der Waals surface area contributed by atoms with E-state index in [1.165, 1.54) is 6.42 Å². The van der Waals surface area contributed by atoms with Crippen LogP contribution in [-0.4, -0.2) is 11.8 Å². The highest BCUT2D eigenvalue weighted by molar-refractivity contribution is 5.84. The summed E-state index contributed by atoms with van der Waals surface area (Å²) in [5.74, 6) is -0.878. The molecule has 0 bridgehead atoms. The predicted octanol–water partition coefficient (Wildman–Crippen LogP) is 0.544. The van der Waals surface area contributed by atoms with E-state index in [-0.39, 0.29) is 24.2 Å². The van der Waals surface area contributed by atoms with Crippen LogP contribution in [0.4, 0.5) is 0 Å². The molecule has 0 aliphatic heterocycles. The Morgan fingerprint density at radius 2 is 1.71 bits per heavy atom. The minimum atomic E-state index is -0.431. The van der Waals surface area contributed by atoms with Gasteiger partial charge in [0, 0.05) is 12.3 Å². The van der Waals surface area contributed by atoms with Crippen LogP contribution in [0.15, 0.2) is 0 Å². The average molecular weight is 198 g/mol. The lowest BCUT2D eigenvalue weighted by molar-refractivity contribution is -0.129. The summed E-state index contributed by atoms with van der Waals surface area (Å²) in [5.41, 5.74) is 10.4. The van der Waals surface area contributed by atoms with Crippen molar-refractivity contribution in [2.75, 3.05) is 0 Å². The van der Waals surface area contributed by atoms with E-state index in [1.54, 1.807) is 0 Å². The largest absolute Gasteiger partial charge is 0.370 e. The van der Waals surface area contributed by atoms with Crippen molar-refractivity contribution < 1.29 is 9.59 Å². The highest BCUT2D eigenvalue weighted by Gasteiger charge is 2.28. The van der Waals surface area contributed by atoms with Gasteiger partial charge in [-0.1, -0.05) is 19.3 Å². The van der Waals surface area contributed by atoms with Crippen molar-refractivity contribution in [3.05, 3.63) is 0 Å². The minimum Gasteiger partial charge on any atom is -0.370 e. The van der Waals surface area contributed by atoms with Gasteiger partial charge < -0.3 is 11.5 Å². The molecule has 1 saturated carbocycles. The van der Waals surface area contributed by atoms with Crippen LogP contribution in [0.2, 0.25) is 0 Å². The molecule has 1 aliphatic carbocycles. The molecular weight excluding hydrogens is 180 g/mol. The summed E-state index contributed by atoms with van der Waals surface area (Å²) in [6.07, 6.45) is 5.60. The van der Waals surface area contributed by atoms with Crippen molar-refractivity contribution in [2.24, 2.45) is 23.3 Å². The Balaban J connectivity index is 2.56. The van der Waals surface area contributed by atoms with Crippen LogP contribution in [0, 0.1) is 11.8 Å². The van der Waals surface area contributed by atoms with Crippen LogP contribution in [0.5, 0.6) is 0 Å². The molecule has 0 radical (unpaired) electrons. The number of amides is 2. The summed E-state index contributed by atoms with van der Waals surface area (Å²) >= 11 is 0. The van der Waals surface area contributed by atoms with Gasteiger partial charge in [-0.3, -0.25) is 9.59 Å². The fourth-order valence-electron chi connectivity index (χ4n) is 2.25. The molecule has 2 amide bonds. The normalized spacial score (nSPS) is 20.3. The number of carbonyl (C=O) groups excluding carboxylic acids is 2. The van der Waals surface area contributed by atoms with Crippen molar-refractivity contribution in [3.63, 3.8) is 0 Å². The molecule has 4 nitrogen and oxygen atoms in total. The highest BCUT2D eigenvalue weighted by Crippen LogP contribution is 2.31. The number of hydrogen-bond acceptors (Lipinski definition) is 2. The Morgan fingerprint density at radius 3 is 2.14 bits per heavy atom. The summed E-state index contributed by atoms with van der Waals surface area (Å²) in [6.45, 7) is 0. The molecule has 14 heavy (non-hydrogen) atoms. The van der Waals surface area contributed by atoms with Gasteiger partial charge >= 0.3 is 0 Å². The van der Waals surface area contributed by atoms with Gasteiger partial charge in [0.2, 0.25) is 11.8 Å². The molecule has 0 saturated heterocycles. The lowest BCUT2D eigenvalue weighted by Crippen LogP contribution is -2.34. The van der Waals surface area contributed by atoms with E-state index >= 15 is 0 Å². The van der Waals surface area contributed by atoms with Crippen molar-refractivity contribution in [3.8, 4) is 0 Å². The van der Waals surface area contributed by atoms with Crippen LogP contribution in [0.3, 0.4) is 0 Å². The fourth-order valence-corrected chi connectivity index (χ4v) is 2.25. The van der Waals surface area contributed by atoms with Crippen molar-refractivity contribution in [2.45, 2.75) is 38.5 Å². The molecule has 1 unspecified atom stereocenters. The second-order valence-corrected chi connectivity index (χ2v) is 4.08. The fraction of sp³-hybridized carbons (Fsp3) is 0.800. The number of nitrogens with two attached hydrogens (primary N) is 2. The molecule has 80 valence electrons. The summed E-state index contributed by atoms with van der Waals surface area (Å²) in [7, 11) is 0. The molecule has 0 heterocycles. The maximum Gasteiger partial charge on any atom is 0.221 e. The van der Waals surface area contributed by atoms with E-state index in [1.807, 2.05) is 0 Å². The van der Waals surface area contributed by atoms with E-state index in [4.69, 9.17) is 11.5 Å². The van der Waals surface area contributed by atoms with E-state index in [9.17, 15) is 9.59 Å². The summed E-state index contributed by atoms with van der Waals surface area (Å²) in [4.78, 5) is 21.9. The van der Waals surface area contributed by atoms with Crippen LogP contribution in [0.1, 0.15) is 38.5 Å². The number of carbonyl (C=O) groups is 2. The van der Waals surface area contributed by atoms with E-state index in [0.29, 0.717) is 0 Å². The summed E-state index contributed by atoms with van der Waals surface area (Å²) in [6, 6.07) is 0. The summed E-state index contributed by atoms with van der Waals surface area (Å²) in [5, 5.41) is 0. The van der Waals surface area contributed by atoms with Crippen LogP contribution >= 0.6 is 0 Å². The molecular formula is C10H18N2O2. The first-order valence-electron chi connectivity index (χ1n) is 5.19. The smallest absolute Gasteiger partial charge is 0.221 e. The van der Waals surface area contributed by atoms with E-state index in [2.05, 4.69) is 0 Å². The Bertz CT molecular complexity index is 222. The molecule has 0 aromatic heterocycles. The van der Waals surface area contributed by atoms with Gasteiger partial charge in [-0.25, -0.2) is 0 Å². The van der Waals surface area contributed by atoms with Gasteiger partial charge in [-0.2, -0.15) is 0 Å². The standard InChI is InChI=1S/C10H18N2O2/c11-9(13)6-8(10(12)14)7-4-2-1-3-5-7/h7-8H,1-6H2,(H2,11,13)(H2,12,14). The van der Waals surface area contributed by atoms with E-state index < -0.39 is 5.91 Å². The second kappa shape index (κ2) is 4.98. The van der Waals surface area contributed by atoms with Crippen molar-refractivity contribution >= 4 is 11.8 Å². The molecule has 4 heteroatoms. The molecule has 0 aromatic rings. The Labute approximate surface area is 84.0 Å². The Hall–Kier alpha value is -1.06. The van der Waals surface area contributed by atoms with Gasteiger partial charge in [0.15, 0.2) is 0 Å². The van der Waals surface area contributed by atoms with Crippen LogP contribution in [0.25, 0.3) is 0 Å². The topological polar surface area (TPSA) is 86.2 Å². The SMILES string of the molecule is NC(=O)CC(C(N)=O)C1CCCCC1. The van der Waals surface area contributed by atoms with Gasteiger partial charge in [0.05, 0.1) is 0 Å². The van der Waals surface area contributed by atoms with Crippen LogP contribution in [-0.2, 0) is 9.59 Å². The molecule has 1 atom stereocenters. The third kappa shape index (κ3) is 3.01. The van der Waals surface area contributed by atoms with Gasteiger partial charge in [0.1, 0.15) is 0 Å². The second-order valence-electron chi connectivity index (χ2n) is 4.08. The van der Waals surface area contributed by atoms with Gasteiger partial charge in [-0.15, -0.1) is 0 Å². The minimum absolute atomic E-state index is 0.111. The third-order valence-corrected chi connectivity index (χ3v) is 3.01. The van der Waals surface area contributed by atoms with Crippen LogP contribution < -0.4 is 11.5 Å². The number of rotatable bonds is 4. The third-order valence-electron chi connectivity index (χ3n) is 3.01. The monoisotopic (exact) mass is 198 g/mol. The molecule has 1 aliphatic rings. The van der Waals surface area contributed by atoms with Crippen molar-refractivity contribution in [1.29, 1.82) is 0 Å². The lowest BCUT2D eigenvalue weighted by Gasteiger charge is -2.27. The zero-order chi connectivity index (χ0) is 10.6. The van der Waals surface area contributed by atoms with Gasteiger partial charge in [-0.05, 0) is 18.8 Å². The Kier molecular flexibility index (Phi) is 3.92. The number of primary amides is 2. The quantitative estimate of drug-likeness (QED) is 0.690. The van der Waals surface area contributed by atoms with E-state index in [0.717, 1.165) is 25.7 Å². The molecule has 1 fully saturated rings. The molecule has 0 aromatic carbocycles. The lowest BCUT2D eigenvalue weighted by atomic mass is 9.78. The summed E-state index contributed by atoms with van der Waals surface area (Å²) < 4.78 is 0. The number of hydrogen-bond donors (Lipinski definition) is 2. The first-order valence-corrected chi connectivity index (χ1v) is 5.19. The zero-order valence-electron chi connectivity index (χ0n) is 8.37. The molecule has 4 N–H and O–H groups in total. The first-order chi connectivity index (χ1) is 6.61. The predicted molar refractivity (Wildman–Crippen MR) is 53.1 cm³/mol.